The molecule has 0 saturated heterocycles. The van der Waals surface area contributed by atoms with Gasteiger partial charge in [-0.25, -0.2) is 0 Å². The smallest absolute Gasteiger partial charge is 0.306 e. The van der Waals surface area contributed by atoms with Crippen LogP contribution in [0.25, 0.3) is 0 Å². The van der Waals surface area contributed by atoms with Crippen LogP contribution in [-0.2, 0) is 9.09 Å². The van der Waals surface area contributed by atoms with Crippen LogP contribution >= 0.6 is 7.37 Å². The molecule has 0 aromatic heterocycles. The quantitative estimate of drug-likeness (QED) is 0.556. The summed E-state index contributed by atoms with van der Waals surface area (Å²) in [7, 11) is -3.26. The molecule has 2 aromatic carbocycles. The van der Waals surface area contributed by atoms with E-state index in [1.807, 2.05) is 93.6 Å². The highest BCUT2D eigenvalue weighted by Crippen LogP contribution is 2.48. The lowest BCUT2D eigenvalue weighted by molar-refractivity contribution is 0.425. The van der Waals surface area contributed by atoms with Crippen LogP contribution in [0.4, 0.5) is 0 Å². The topological polar surface area (TPSA) is 26.3 Å². The Kier molecular flexibility index (Phi) is 4.95. The normalized spacial score (nSPS) is 14.7. The minimum absolute atomic E-state index is 0.653. The molecular formula is C22H21O2P. The average Bonchev–Trinajstić information content (AvgIpc) is 2.76. The summed E-state index contributed by atoms with van der Waals surface area (Å²) in [5.41, 5.74) is 6.09. The van der Waals surface area contributed by atoms with Gasteiger partial charge in [-0.2, -0.15) is 0 Å². The molecule has 1 aliphatic carbocycles. The summed E-state index contributed by atoms with van der Waals surface area (Å²) < 4.78 is 20.3. The van der Waals surface area contributed by atoms with Crippen molar-refractivity contribution >= 4 is 18.0 Å². The molecule has 3 heteroatoms. The highest BCUT2D eigenvalue weighted by atomic mass is 31.2. The minimum Gasteiger partial charge on any atom is -0.436 e. The monoisotopic (exact) mass is 348 g/mol. The van der Waals surface area contributed by atoms with Crippen LogP contribution < -0.4 is 10.6 Å². The SMILES string of the molecule is CC1=C=CC(C)=C(OP(=O)(c2ccccc2)c2ccccc2)C(C)=C1. The molecule has 126 valence electrons. The van der Waals surface area contributed by atoms with Gasteiger partial charge in [0.25, 0.3) is 0 Å². The lowest BCUT2D eigenvalue weighted by atomic mass is 10.1. The molecule has 0 aliphatic heterocycles. The number of allylic oxidation sites excluding steroid dienone is 4. The molecule has 2 aromatic rings. The van der Waals surface area contributed by atoms with Gasteiger partial charge in [-0.1, -0.05) is 36.4 Å². The van der Waals surface area contributed by atoms with Crippen molar-refractivity contribution in [3.8, 4) is 0 Å². The lowest BCUT2D eigenvalue weighted by Crippen LogP contribution is -2.18. The molecule has 0 heterocycles. The Morgan fingerprint density at radius 1 is 0.840 bits per heavy atom. The summed E-state index contributed by atoms with van der Waals surface area (Å²) in [4.78, 5) is 0. The Bertz CT molecular complexity index is 901. The second-order valence-electron chi connectivity index (χ2n) is 6.13. The fourth-order valence-electron chi connectivity index (χ4n) is 2.81. The number of hydrogen-bond donors (Lipinski definition) is 0. The van der Waals surface area contributed by atoms with E-state index in [1.165, 1.54) is 0 Å². The second kappa shape index (κ2) is 7.15. The Balaban J connectivity index is 2.14. The van der Waals surface area contributed by atoms with Crippen LogP contribution in [0.15, 0.2) is 101 Å². The molecule has 0 amide bonds. The maximum atomic E-state index is 14.0. The Labute approximate surface area is 149 Å². The predicted molar refractivity (Wildman–Crippen MR) is 105 cm³/mol. The van der Waals surface area contributed by atoms with Gasteiger partial charge >= 0.3 is 7.37 Å². The summed E-state index contributed by atoms with van der Waals surface area (Å²) in [6.07, 6.45) is 3.89. The maximum Gasteiger partial charge on any atom is 0.306 e. The van der Waals surface area contributed by atoms with Gasteiger partial charge in [-0.3, -0.25) is 4.57 Å². The van der Waals surface area contributed by atoms with Crippen molar-refractivity contribution in [2.45, 2.75) is 20.8 Å². The lowest BCUT2D eigenvalue weighted by Gasteiger charge is -2.23. The first-order chi connectivity index (χ1) is 12.0. The molecule has 0 fully saturated rings. The maximum absolute atomic E-state index is 14.0. The molecule has 0 atom stereocenters. The molecule has 2 nitrogen and oxygen atoms in total. The summed E-state index contributed by atoms with van der Waals surface area (Å²) in [6.45, 7) is 5.92. The largest absolute Gasteiger partial charge is 0.436 e. The van der Waals surface area contributed by atoms with Crippen molar-refractivity contribution in [1.29, 1.82) is 0 Å². The van der Waals surface area contributed by atoms with E-state index in [2.05, 4.69) is 5.73 Å². The predicted octanol–water partition coefficient (Wildman–Crippen LogP) is 5.27. The fourth-order valence-corrected chi connectivity index (χ4v) is 4.99. The van der Waals surface area contributed by atoms with Gasteiger partial charge in [0, 0.05) is 0 Å². The van der Waals surface area contributed by atoms with Crippen LogP contribution in [-0.4, -0.2) is 0 Å². The molecule has 0 spiro atoms. The van der Waals surface area contributed by atoms with E-state index in [1.54, 1.807) is 0 Å². The molecule has 0 unspecified atom stereocenters. The molecule has 0 saturated carbocycles. The summed E-state index contributed by atoms with van der Waals surface area (Å²) in [5.74, 6) is 0.653. The van der Waals surface area contributed by atoms with Crippen LogP contribution in [0.3, 0.4) is 0 Å². The molecule has 1 aliphatic rings. The minimum atomic E-state index is -3.26. The van der Waals surface area contributed by atoms with Gasteiger partial charge in [0.2, 0.25) is 0 Å². The van der Waals surface area contributed by atoms with E-state index in [4.69, 9.17) is 4.52 Å². The molecule has 0 bridgehead atoms. The van der Waals surface area contributed by atoms with Crippen molar-refractivity contribution in [3.63, 3.8) is 0 Å². The van der Waals surface area contributed by atoms with Gasteiger partial charge in [-0.05, 0) is 73.9 Å². The van der Waals surface area contributed by atoms with E-state index in [9.17, 15) is 4.57 Å². The number of benzene rings is 2. The van der Waals surface area contributed by atoms with Gasteiger partial charge in [0.05, 0.1) is 10.6 Å². The number of rotatable bonds is 4. The van der Waals surface area contributed by atoms with Crippen LogP contribution in [0.2, 0.25) is 0 Å². The van der Waals surface area contributed by atoms with E-state index >= 15 is 0 Å². The van der Waals surface area contributed by atoms with Crippen molar-refractivity contribution in [2.75, 3.05) is 0 Å². The molecule has 25 heavy (non-hydrogen) atoms. The molecule has 3 rings (SSSR count). The Morgan fingerprint density at radius 3 is 1.88 bits per heavy atom. The van der Waals surface area contributed by atoms with E-state index in [0.717, 1.165) is 16.7 Å². The van der Waals surface area contributed by atoms with E-state index in [-0.39, 0.29) is 0 Å². The third kappa shape index (κ3) is 3.61. The molecular weight excluding hydrogens is 327 g/mol. The fraction of sp³-hybridized carbons (Fsp3) is 0.136. The average molecular weight is 348 g/mol. The van der Waals surface area contributed by atoms with Gasteiger partial charge in [-0.15, -0.1) is 5.73 Å². The van der Waals surface area contributed by atoms with Gasteiger partial charge in [0.1, 0.15) is 5.76 Å². The zero-order valence-electron chi connectivity index (χ0n) is 14.7. The van der Waals surface area contributed by atoms with Crippen molar-refractivity contribution in [3.05, 3.63) is 101 Å². The van der Waals surface area contributed by atoms with Crippen LogP contribution in [0.5, 0.6) is 0 Å². The van der Waals surface area contributed by atoms with E-state index < -0.39 is 7.37 Å². The highest BCUT2D eigenvalue weighted by molar-refractivity contribution is 7.74. The Morgan fingerprint density at radius 2 is 1.36 bits per heavy atom. The Hall–Kier alpha value is -2.53. The third-order valence-corrected chi connectivity index (χ3v) is 6.47. The zero-order valence-corrected chi connectivity index (χ0v) is 15.6. The van der Waals surface area contributed by atoms with E-state index in [0.29, 0.717) is 16.4 Å². The standard InChI is InChI=1S/C22H21O2P/c1-17-14-15-18(2)22(19(3)16-17)24-25(23,20-10-6-4-7-11-20)21-12-8-5-9-13-21/h4-13,15-16H,1-3H3. The summed E-state index contributed by atoms with van der Waals surface area (Å²) in [6, 6.07) is 18.8. The molecule has 0 N–H and O–H groups in total. The number of hydrogen-bond acceptors (Lipinski definition) is 2. The van der Waals surface area contributed by atoms with Crippen molar-refractivity contribution in [1.82, 2.24) is 0 Å². The van der Waals surface area contributed by atoms with Gasteiger partial charge < -0.3 is 4.52 Å². The van der Waals surface area contributed by atoms with Gasteiger partial charge in [0.15, 0.2) is 0 Å². The van der Waals surface area contributed by atoms with Crippen molar-refractivity contribution < 1.29 is 9.09 Å². The highest BCUT2D eigenvalue weighted by Gasteiger charge is 2.31. The zero-order chi connectivity index (χ0) is 17.9. The van der Waals surface area contributed by atoms with Crippen molar-refractivity contribution in [2.24, 2.45) is 0 Å². The summed E-state index contributed by atoms with van der Waals surface area (Å²) in [5, 5.41) is 1.37. The van der Waals surface area contributed by atoms with Crippen LogP contribution in [0.1, 0.15) is 20.8 Å². The van der Waals surface area contributed by atoms with Crippen LogP contribution in [0, 0.1) is 0 Å². The third-order valence-electron chi connectivity index (χ3n) is 4.08. The first kappa shape index (κ1) is 17.3. The second-order valence-corrected chi connectivity index (χ2v) is 8.44. The first-order valence-electron chi connectivity index (χ1n) is 8.24. The first-order valence-corrected chi connectivity index (χ1v) is 9.87. The summed E-state index contributed by atoms with van der Waals surface area (Å²) >= 11 is 0. The molecule has 0 radical (unpaired) electrons.